The molecule has 0 saturated heterocycles. The van der Waals surface area contributed by atoms with Crippen LogP contribution in [-0.2, 0) is 33.9 Å². The molecule has 0 aromatic heterocycles. The maximum absolute atomic E-state index is 11.4. The number of ether oxygens (including phenoxy) is 1. The van der Waals surface area contributed by atoms with Gasteiger partial charge in [-0.15, -0.1) is 0 Å². The van der Waals surface area contributed by atoms with Gasteiger partial charge < -0.3 is 4.74 Å². The van der Waals surface area contributed by atoms with E-state index in [-0.39, 0.29) is 12.4 Å². The Bertz CT molecular complexity index is 570. The summed E-state index contributed by atoms with van der Waals surface area (Å²) in [7, 11) is 1.39. The zero-order chi connectivity index (χ0) is 16.9. The van der Waals surface area contributed by atoms with Gasteiger partial charge in [0.15, 0.2) is 0 Å². The highest BCUT2D eigenvalue weighted by molar-refractivity contribution is 5.72. The molecule has 0 aliphatic carbocycles. The fourth-order valence-electron chi connectivity index (χ4n) is 1.96. The molecule has 0 heterocycles. The van der Waals surface area contributed by atoms with Gasteiger partial charge in [-0.25, -0.2) is 0 Å². The minimum absolute atomic E-state index is 0.250. The Hall–Kier alpha value is -2.17. The topological polar surface area (TPSA) is 47.6 Å². The van der Waals surface area contributed by atoms with Crippen LogP contribution in [0.1, 0.15) is 30.5 Å². The summed E-state index contributed by atoms with van der Waals surface area (Å²) in [4.78, 5) is 16.8. The molecule has 2 aromatic rings. The summed E-state index contributed by atoms with van der Waals surface area (Å²) < 4.78 is 4.70. The number of hydrogen-bond donors (Lipinski definition) is 1. The summed E-state index contributed by atoms with van der Waals surface area (Å²) >= 11 is 0. The fraction of sp³-hybridized carbons (Fsp3) is 0.316. The zero-order valence-corrected chi connectivity index (χ0v) is 14.0. The second-order valence-electron chi connectivity index (χ2n) is 4.62. The van der Waals surface area contributed by atoms with E-state index in [0.29, 0.717) is 13.2 Å². The Morgan fingerprint density at radius 2 is 1.57 bits per heavy atom. The van der Waals surface area contributed by atoms with Crippen LogP contribution in [0.4, 0.5) is 0 Å². The van der Waals surface area contributed by atoms with Crippen molar-refractivity contribution in [2.45, 2.75) is 33.4 Å². The summed E-state index contributed by atoms with van der Waals surface area (Å²) in [5, 5.41) is 0. The molecule has 0 spiro atoms. The molecule has 0 bridgehead atoms. The SMILES string of the molecule is CC.COC(=O)Cc1ccccc1CONCc1ccccc1. The van der Waals surface area contributed by atoms with Gasteiger partial charge in [0.05, 0.1) is 20.1 Å². The molecule has 2 rings (SSSR count). The maximum Gasteiger partial charge on any atom is 0.309 e. The van der Waals surface area contributed by atoms with Crippen LogP contribution in [0.25, 0.3) is 0 Å². The van der Waals surface area contributed by atoms with E-state index >= 15 is 0 Å². The van der Waals surface area contributed by atoms with Crippen molar-refractivity contribution in [3.05, 3.63) is 71.3 Å². The minimum Gasteiger partial charge on any atom is -0.469 e. The Kier molecular flexibility index (Phi) is 9.36. The normalized spacial score (nSPS) is 9.70. The summed E-state index contributed by atoms with van der Waals surface area (Å²) in [6.07, 6.45) is 0.259. The van der Waals surface area contributed by atoms with E-state index in [1.54, 1.807) is 0 Å². The molecule has 0 fully saturated rings. The molecular formula is C19H25NO3. The van der Waals surface area contributed by atoms with Gasteiger partial charge in [-0.3, -0.25) is 9.63 Å². The number of esters is 1. The van der Waals surface area contributed by atoms with Gasteiger partial charge in [-0.05, 0) is 16.7 Å². The molecule has 124 valence electrons. The Morgan fingerprint density at radius 3 is 2.22 bits per heavy atom. The Labute approximate surface area is 138 Å². The summed E-state index contributed by atoms with van der Waals surface area (Å²) in [5.74, 6) is -0.250. The lowest BCUT2D eigenvalue weighted by Crippen LogP contribution is -2.15. The summed E-state index contributed by atoms with van der Waals surface area (Å²) in [6, 6.07) is 17.7. The van der Waals surface area contributed by atoms with E-state index in [9.17, 15) is 4.79 Å². The van der Waals surface area contributed by atoms with Gasteiger partial charge in [-0.2, -0.15) is 5.48 Å². The van der Waals surface area contributed by atoms with Gasteiger partial charge in [0.1, 0.15) is 0 Å². The molecule has 0 amide bonds. The Morgan fingerprint density at radius 1 is 0.957 bits per heavy atom. The zero-order valence-electron chi connectivity index (χ0n) is 14.0. The quantitative estimate of drug-likeness (QED) is 0.481. The van der Waals surface area contributed by atoms with E-state index < -0.39 is 0 Å². The number of methoxy groups -OCH3 is 1. The highest BCUT2D eigenvalue weighted by Crippen LogP contribution is 2.11. The standard InChI is InChI=1S/C17H19NO3.C2H6/c1-20-17(19)11-15-9-5-6-10-16(15)13-21-18-12-14-7-3-2-4-8-14;1-2/h2-10,18H,11-13H2,1H3;1-2H3. The fourth-order valence-corrected chi connectivity index (χ4v) is 1.96. The second-order valence-corrected chi connectivity index (χ2v) is 4.62. The smallest absolute Gasteiger partial charge is 0.309 e. The average molecular weight is 315 g/mol. The molecule has 2 aromatic carbocycles. The van der Waals surface area contributed by atoms with Crippen LogP contribution >= 0.6 is 0 Å². The van der Waals surface area contributed by atoms with Crippen LogP contribution in [0.15, 0.2) is 54.6 Å². The molecule has 0 aliphatic rings. The number of carbonyl (C=O) groups is 1. The van der Waals surface area contributed by atoms with Crippen LogP contribution in [-0.4, -0.2) is 13.1 Å². The molecule has 23 heavy (non-hydrogen) atoms. The first kappa shape index (κ1) is 18.9. The van der Waals surface area contributed by atoms with Crippen molar-refractivity contribution < 1.29 is 14.4 Å². The number of hydrogen-bond acceptors (Lipinski definition) is 4. The van der Waals surface area contributed by atoms with Crippen molar-refractivity contribution in [2.75, 3.05) is 7.11 Å². The van der Waals surface area contributed by atoms with E-state index in [4.69, 9.17) is 9.57 Å². The van der Waals surface area contributed by atoms with E-state index in [2.05, 4.69) is 5.48 Å². The average Bonchev–Trinajstić information content (AvgIpc) is 2.62. The molecule has 0 saturated carbocycles. The lowest BCUT2D eigenvalue weighted by Gasteiger charge is -2.10. The van der Waals surface area contributed by atoms with E-state index in [1.807, 2.05) is 68.4 Å². The highest BCUT2D eigenvalue weighted by atomic mass is 16.6. The lowest BCUT2D eigenvalue weighted by molar-refractivity contribution is -0.139. The molecule has 0 radical (unpaired) electrons. The van der Waals surface area contributed by atoms with Crippen molar-refractivity contribution in [2.24, 2.45) is 0 Å². The van der Waals surface area contributed by atoms with Gasteiger partial charge in [0.2, 0.25) is 0 Å². The molecule has 4 nitrogen and oxygen atoms in total. The van der Waals surface area contributed by atoms with Gasteiger partial charge in [-0.1, -0.05) is 68.4 Å². The van der Waals surface area contributed by atoms with E-state index in [0.717, 1.165) is 16.7 Å². The molecule has 1 N–H and O–H groups in total. The van der Waals surface area contributed by atoms with Crippen molar-refractivity contribution in [1.29, 1.82) is 0 Å². The van der Waals surface area contributed by atoms with Crippen LogP contribution in [0, 0.1) is 0 Å². The lowest BCUT2D eigenvalue weighted by atomic mass is 10.1. The van der Waals surface area contributed by atoms with E-state index in [1.165, 1.54) is 7.11 Å². The number of carbonyl (C=O) groups excluding carboxylic acids is 1. The van der Waals surface area contributed by atoms with Gasteiger partial charge >= 0.3 is 5.97 Å². The first-order valence-electron chi connectivity index (χ1n) is 7.82. The first-order valence-corrected chi connectivity index (χ1v) is 7.82. The largest absolute Gasteiger partial charge is 0.469 e. The second kappa shape index (κ2) is 11.4. The van der Waals surface area contributed by atoms with Crippen molar-refractivity contribution in [3.63, 3.8) is 0 Å². The van der Waals surface area contributed by atoms with Crippen LogP contribution < -0.4 is 5.48 Å². The van der Waals surface area contributed by atoms with Crippen LogP contribution in [0.3, 0.4) is 0 Å². The van der Waals surface area contributed by atoms with Crippen LogP contribution in [0.5, 0.6) is 0 Å². The highest BCUT2D eigenvalue weighted by Gasteiger charge is 2.07. The number of rotatable bonds is 7. The Balaban J connectivity index is 0.00000127. The first-order chi connectivity index (χ1) is 11.3. The monoisotopic (exact) mass is 315 g/mol. The van der Waals surface area contributed by atoms with Crippen molar-refractivity contribution in [1.82, 2.24) is 5.48 Å². The van der Waals surface area contributed by atoms with Crippen molar-refractivity contribution >= 4 is 5.97 Å². The molecular weight excluding hydrogens is 290 g/mol. The van der Waals surface area contributed by atoms with Crippen molar-refractivity contribution in [3.8, 4) is 0 Å². The minimum atomic E-state index is -0.250. The number of hydroxylamine groups is 1. The third kappa shape index (κ3) is 7.08. The van der Waals surface area contributed by atoms with Gasteiger partial charge in [0.25, 0.3) is 0 Å². The third-order valence-corrected chi connectivity index (χ3v) is 3.13. The molecule has 0 unspecified atom stereocenters. The predicted octanol–water partition coefficient (Wildman–Crippen LogP) is 3.65. The molecule has 0 aliphatic heterocycles. The maximum atomic E-state index is 11.4. The molecule has 0 atom stereocenters. The van der Waals surface area contributed by atoms with Gasteiger partial charge in [0, 0.05) is 6.54 Å². The molecule has 4 heteroatoms. The third-order valence-electron chi connectivity index (χ3n) is 3.13. The number of nitrogens with one attached hydrogen (secondary N) is 1. The predicted molar refractivity (Wildman–Crippen MR) is 91.6 cm³/mol. The number of benzene rings is 2. The van der Waals surface area contributed by atoms with Crippen LogP contribution in [0.2, 0.25) is 0 Å². The summed E-state index contributed by atoms with van der Waals surface area (Å²) in [5.41, 5.74) is 5.98. The summed E-state index contributed by atoms with van der Waals surface area (Å²) in [6.45, 7) is 5.04.